The minimum Gasteiger partial charge on any atom is -0.481 e. The molecule has 0 saturated heterocycles. The van der Waals surface area contributed by atoms with E-state index in [0.717, 1.165) is 0 Å². The summed E-state index contributed by atoms with van der Waals surface area (Å²) >= 11 is 11.6. The van der Waals surface area contributed by atoms with E-state index in [-0.39, 0.29) is 6.42 Å². The highest BCUT2D eigenvalue weighted by atomic mass is 35.5. The van der Waals surface area contributed by atoms with Crippen LogP contribution >= 0.6 is 23.2 Å². The summed E-state index contributed by atoms with van der Waals surface area (Å²) in [7, 11) is 0. The van der Waals surface area contributed by atoms with Gasteiger partial charge < -0.3 is 10.2 Å². The van der Waals surface area contributed by atoms with Crippen LogP contribution in [-0.4, -0.2) is 16.2 Å². The Hall–Kier alpha value is -0.770. The van der Waals surface area contributed by atoms with Crippen LogP contribution in [0.15, 0.2) is 18.2 Å². The van der Waals surface area contributed by atoms with Crippen LogP contribution in [0.1, 0.15) is 25.0 Å². The van der Waals surface area contributed by atoms with Gasteiger partial charge >= 0.3 is 5.97 Å². The fraction of sp³-hybridized carbons (Fsp3) is 0.364. The fourth-order valence-electron chi connectivity index (χ4n) is 1.43. The van der Waals surface area contributed by atoms with Crippen molar-refractivity contribution in [3.63, 3.8) is 0 Å². The Kier molecular flexibility index (Phi) is 4.59. The van der Waals surface area contributed by atoms with E-state index in [1.165, 1.54) is 6.07 Å². The van der Waals surface area contributed by atoms with Crippen molar-refractivity contribution in [1.29, 1.82) is 0 Å². The first-order chi connectivity index (χ1) is 7.41. The number of aliphatic carboxylic acids is 1. The normalized spacial score (nSPS) is 14.5. The molecular formula is C11H12Cl2O3. The Morgan fingerprint density at radius 3 is 2.56 bits per heavy atom. The van der Waals surface area contributed by atoms with Gasteiger partial charge in [0.25, 0.3) is 0 Å². The van der Waals surface area contributed by atoms with Crippen molar-refractivity contribution in [2.24, 2.45) is 5.92 Å². The first-order valence-corrected chi connectivity index (χ1v) is 5.52. The molecule has 16 heavy (non-hydrogen) atoms. The molecule has 0 aliphatic rings. The van der Waals surface area contributed by atoms with Crippen LogP contribution in [0.25, 0.3) is 0 Å². The first-order valence-electron chi connectivity index (χ1n) is 4.76. The zero-order valence-electron chi connectivity index (χ0n) is 8.65. The smallest absolute Gasteiger partial charge is 0.303 e. The molecule has 0 spiro atoms. The fourth-order valence-corrected chi connectivity index (χ4v) is 1.96. The van der Waals surface area contributed by atoms with Gasteiger partial charge in [-0.1, -0.05) is 36.2 Å². The molecule has 0 aromatic heterocycles. The minimum atomic E-state index is -0.948. The number of hydrogen-bond acceptors (Lipinski definition) is 2. The average Bonchev–Trinajstić information content (AvgIpc) is 2.15. The number of carboxylic acid groups (broad SMARTS) is 1. The number of benzene rings is 1. The second-order valence-corrected chi connectivity index (χ2v) is 4.53. The van der Waals surface area contributed by atoms with Gasteiger partial charge in [-0.2, -0.15) is 0 Å². The van der Waals surface area contributed by atoms with Gasteiger partial charge in [0.05, 0.1) is 12.5 Å². The summed E-state index contributed by atoms with van der Waals surface area (Å²) in [5.41, 5.74) is 0.500. The highest BCUT2D eigenvalue weighted by molar-refractivity contribution is 6.35. The Balaban J connectivity index is 2.87. The third-order valence-electron chi connectivity index (χ3n) is 2.32. The Bertz CT molecular complexity index is 393. The molecule has 3 nitrogen and oxygen atoms in total. The quantitative estimate of drug-likeness (QED) is 0.877. The third-order valence-corrected chi connectivity index (χ3v) is 2.88. The lowest BCUT2D eigenvalue weighted by molar-refractivity contribution is -0.139. The molecule has 0 saturated carbocycles. The number of halogens is 2. The summed E-state index contributed by atoms with van der Waals surface area (Å²) in [5.74, 6) is -1.35. The van der Waals surface area contributed by atoms with Gasteiger partial charge in [0, 0.05) is 10.0 Å². The summed E-state index contributed by atoms with van der Waals surface area (Å²) in [6, 6.07) is 4.74. The molecule has 0 heterocycles. The Morgan fingerprint density at radius 2 is 2.06 bits per heavy atom. The molecule has 1 aromatic carbocycles. The van der Waals surface area contributed by atoms with Gasteiger partial charge in [-0.15, -0.1) is 0 Å². The number of aliphatic hydroxyl groups is 1. The van der Waals surface area contributed by atoms with Crippen LogP contribution in [0, 0.1) is 5.92 Å². The lowest BCUT2D eigenvalue weighted by Gasteiger charge is -2.18. The maximum absolute atomic E-state index is 10.5. The zero-order valence-corrected chi connectivity index (χ0v) is 10.2. The van der Waals surface area contributed by atoms with Gasteiger partial charge in [-0.05, 0) is 23.6 Å². The first kappa shape index (κ1) is 13.3. The highest BCUT2D eigenvalue weighted by Gasteiger charge is 2.21. The van der Waals surface area contributed by atoms with Gasteiger partial charge in [-0.3, -0.25) is 4.79 Å². The van der Waals surface area contributed by atoms with E-state index in [9.17, 15) is 9.90 Å². The van der Waals surface area contributed by atoms with Gasteiger partial charge in [0.1, 0.15) is 0 Å². The number of aliphatic hydroxyl groups excluding tert-OH is 1. The van der Waals surface area contributed by atoms with Crippen LogP contribution in [0.4, 0.5) is 0 Å². The van der Waals surface area contributed by atoms with E-state index in [2.05, 4.69) is 0 Å². The van der Waals surface area contributed by atoms with Crippen molar-refractivity contribution >= 4 is 29.2 Å². The molecule has 0 radical (unpaired) electrons. The largest absolute Gasteiger partial charge is 0.481 e. The van der Waals surface area contributed by atoms with Crippen LogP contribution in [-0.2, 0) is 4.79 Å². The summed E-state index contributed by atoms with van der Waals surface area (Å²) in [4.78, 5) is 10.5. The monoisotopic (exact) mass is 262 g/mol. The Morgan fingerprint density at radius 1 is 1.44 bits per heavy atom. The van der Waals surface area contributed by atoms with E-state index in [0.29, 0.717) is 15.6 Å². The van der Waals surface area contributed by atoms with E-state index in [1.54, 1.807) is 19.1 Å². The lowest BCUT2D eigenvalue weighted by atomic mass is 9.95. The van der Waals surface area contributed by atoms with Crippen molar-refractivity contribution in [3.8, 4) is 0 Å². The van der Waals surface area contributed by atoms with Crippen LogP contribution in [0.5, 0.6) is 0 Å². The molecule has 1 aromatic rings. The number of carboxylic acids is 1. The van der Waals surface area contributed by atoms with E-state index in [4.69, 9.17) is 28.3 Å². The van der Waals surface area contributed by atoms with Crippen molar-refractivity contribution in [1.82, 2.24) is 0 Å². The minimum absolute atomic E-state index is 0.111. The van der Waals surface area contributed by atoms with Gasteiger partial charge in [-0.25, -0.2) is 0 Å². The van der Waals surface area contributed by atoms with Crippen molar-refractivity contribution in [2.45, 2.75) is 19.4 Å². The van der Waals surface area contributed by atoms with Crippen molar-refractivity contribution < 1.29 is 15.0 Å². The number of rotatable bonds is 4. The molecule has 0 fully saturated rings. The lowest BCUT2D eigenvalue weighted by Crippen LogP contribution is -2.13. The molecule has 0 aliphatic carbocycles. The molecule has 2 unspecified atom stereocenters. The van der Waals surface area contributed by atoms with Crippen LogP contribution in [0.3, 0.4) is 0 Å². The van der Waals surface area contributed by atoms with E-state index < -0.39 is 18.0 Å². The molecule has 2 atom stereocenters. The number of hydrogen-bond donors (Lipinski definition) is 2. The van der Waals surface area contributed by atoms with Crippen molar-refractivity contribution in [3.05, 3.63) is 33.8 Å². The standard InChI is InChI=1S/C11H12Cl2O3/c1-6(4-10(14)15)11(16)8-3-2-7(12)5-9(8)13/h2-3,5-6,11,16H,4H2,1H3,(H,14,15). The maximum atomic E-state index is 10.5. The zero-order chi connectivity index (χ0) is 12.3. The predicted molar refractivity (Wildman–Crippen MR) is 62.8 cm³/mol. The molecule has 2 N–H and O–H groups in total. The highest BCUT2D eigenvalue weighted by Crippen LogP contribution is 2.31. The molecule has 0 amide bonds. The van der Waals surface area contributed by atoms with Crippen LogP contribution < -0.4 is 0 Å². The SMILES string of the molecule is CC(CC(=O)O)C(O)c1ccc(Cl)cc1Cl. The third kappa shape index (κ3) is 3.37. The molecule has 0 aliphatic heterocycles. The second kappa shape index (κ2) is 5.53. The second-order valence-electron chi connectivity index (χ2n) is 3.69. The van der Waals surface area contributed by atoms with Crippen molar-refractivity contribution in [2.75, 3.05) is 0 Å². The molecular weight excluding hydrogens is 251 g/mol. The number of carbonyl (C=O) groups is 1. The molecule has 1 rings (SSSR count). The summed E-state index contributed by atoms with van der Waals surface area (Å²) < 4.78 is 0. The summed E-state index contributed by atoms with van der Waals surface area (Å²) in [6.45, 7) is 1.66. The van der Waals surface area contributed by atoms with Gasteiger partial charge in [0.2, 0.25) is 0 Å². The predicted octanol–water partition coefficient (Wildman–Crippen LogP) is 3.14. The van der Waals surface area contributed by atoms with Gasteiger partial charge in [0.15, 0.2) is 0 Å². The topological polar surface area (TPSA) is 57.5 Å². The molecule has 5 heteroatoms. The van der Waals surface area contributed by atoms with E-state index in [1.807, 2.05) is 0 Å². The van der Waals surface area contributed by atoms with Crippen LogP contribution in [0.2, 0.25) is 10.0 Å². The maximum Gasteiger partial charge on any atom is 0.303 e. The summed E-state index contributed by atoms with van der Waals surface area (Å²) in [5, 5.41) is 19.4. The Labute approximate surface area is 104 Å². The average molecular weight is 263 g/mol. The molecule has 0 bridgehead atoms. The molecule has 88 valence electrons. The summed E-state index contributed by atoms with van der Waals surface area (Å²) in [6.07, 6.45) is -1.01. The van der Waals surface area contributed by atoms with E-state index >= 15 is 0 Å².